The van der Waals surface area contributed by atoms with Crippen LogP contribution in [0.3, 0.4) is 0 Å². The van der Waals surface area contributed by atoms with Crippen LogP contribution in [0, 0.1) is 12.7 Å². The lowest BCUT2D eigenvalue weighted by Crippen LogP contribution is -2.52. The predicted molar refractivity (Wildman–Crippen MR) is 120 cm³/mol. The molecule has 2 aromatic rings. The third kappa shape index (κ3) is 6.62. The summed E-state index contributed by atoms with van der Waals surface area (Å²) in [5, 5.41) is 0. The minimum Gasteiger partial charge on any atom is -0.370 e. The van der Waals surface area contributed by atoms with E-state index in [0.29, 0.717) is 38.3 Å². The number of halogens is 1. The second-order valence-electron chi connectivity index (χ2n) is 8.06. The van der Waals surface area contributed by atoms with Gasteiger partial charge >= 0.3 is 0 Å². The highest BCUT2D eigenvalue weighted by atomic mass is 19.1. The summed E-state index contributed by atoms with van der Waals surface area (Å²) in [7, 11) is 0. The number of aryl methyl sites for hydroxylation is 1. The summed E-state index contributed by atoms with van der Waals surface area (Å²) in [6.07, 6.45) is 0.384. The van der Waals surface area contributed by atoms with E-state index in [2.05, 4.69) is 0 Å². The molecule has 32 heavy (non-hydrogen) atoms. The zero-order valence-electron chi connectivity index (χ0n) is 18.3. The summed E-state index contributed by atoms with van der Waals surface area (Å²) in [6, 6.07) is 13.5. The van der Waals surface area contributed by atoms with Crippen LogP contribution in [0.4, 0.5) is 10.1 Å². The van der Waals surface area contributed by atoms with Crippen LogP contribution in [0.1, 0.15) is 17.5 Å². The van der Waals surface area contributed by atoms with Crippen molar-refractivity contribution in [2.75, 3.05) is 44.2 Å². The van der Waals surface area contributed by atoms with E-state index in [1.807, 2.05) is 41.0 Å². The minimum absolute atomic E-state index is 0.0183. The topological polar surface area (TPSA) is 87.0 Å². The van der Waals surface area contributed by atoms with Gasteiger partial charge in [-0.25, -0.2) is 4.39 Å². The van der Waals surface area contributed by atoms with E-state index in [9.17, 15) is 18.8 Å². The molecule has 2 N–H and O–H groups in total. The molecule has 0 radical (unpaired) electrons. The lowest BCUT2D eigenvalue weighted by atomic mass is 10.1. The highest BCUT2D eigenvalue weighted by Gasteiger charge is 2.25. The zero-order valence-corrected chi connectivity index (χ0v) is 18.3. The number of rotatable bonds is 8. The number of carbonyl (C=O) groups is 3. The summed E-state index contributed by atoms with van der Waals surface area (Å²) in [4.78, 5) is 42.1. The van der Waals surface area contributed by atoms with Crippen LogP contribution in [0.15, 0.2) is 48.5 Å². The number of nitrogens with two attached hydrogens (primary N) is 1. The summed E-state index contributed by atoms with van der Waals surface area (Å²) >= 11 is 0. The maximum Gasteiger partial charge on any atom is 0.241 e. The number of carbonyl (C=O) groups excluding carboxylic acids is 3. The predicted octanol–water partition coefficient (Wildman–Crippen LogP) is 1.73. The van der Waals surface area contributed by atoms with Crippen molar-refractivity contribution in [3.8, 4) is 0 Å². The van der Waals surface area contributed by atoms with Gasteiger partial charge in [-0.05, 0) is 36.8 Å². The average molecular weight is 441 g/mol. The van der Waals surface area contributed by atoms with Gasteiger partial charge < -0.3 is 15.5 Å². The fourth-order valence-electron chi connectivity index (χ4n) is 3.67. The van der Waals surface area contributed by atoms with Crippen molar-refractivity contribution in [2.45, 2.75) is 19.8 Å². The SMILES string of the molecule is Cc1ccc(CC(=O)N2CCN(CC(=O)N(CCC(N)=O)c3ccc(F)cc3)CC2)cc1. The van der Waals surface area contributed by atoms with Crippen molar-refractivity contribution >= 4 is 23.4 Å². The van der Waals surface area contributed by atoms with Crippen LogP contribution in [-0.4, -0.2) is 66.8 Å². The van der Waals surface area contributed by atoms with E-state index in [-0.39, 0.29) is 31.3 Å². The van der Waals surface area contributed by atoms with E-state index in [4.69, 9.17) is 5.73 Å². The molecule has 0 unspecified atom stereocenters. The van der Waals surface area contributed by atoms with Gasteiger partial charge in [-0.3, -0.25) is 19.3 Å². The van der Waals surface area contributed by atoms with Gasteiger partial charge in [0.2, 0.25) is 17.7 Å². The first-order valence-electron chi connectivity index (χ1n) is 10.7. The second-order valence-corrected chi connectivity index (χ2v) is 8.06. The lowest BCUT2D eigenvalue weighted by molar-refractivity contribution is -0.132. The quantitative estimate of drug-likeness (QED) is 0.677. The first-order chi connectivity index (χ1) is 15.3. The van der Waals surface area contributed by atoms with Gasteiger partial charge in [-0.1, -0.05) is 29.8 Å². The molecule has 0 aliphatic carbocycles. The zero-order chi connectivity index (χ0) is 23.1. The summed E-state index contributed by atoms with van der Waals surface area (Å²) in [5.74, 6) is -1.03. The van der Waals surface area contributed by atoms with Crippen LogP contribution in [-0.2, 0) is 20.8 Å². The molecule has 1 saturated heterocycles. The van der Waals surface area contributed by atoms with Crippen LogP contribution in [0.2, 0.25) is 0 Å². The Kier molecular flexibility index (Phi) is 7.94. The highest BCUT2D eigenvalue weighted by molar-refractivity contribution is 5.95. The van der Waals surface area contributed by atoms with Gasteiger partial charge in [0.05, 0.1) is 13.0 Å². The number of benzene rings is 2. The summed E-state index contributed by atoms with van der Waals surface area (Å²) in [5.41, 5.74) is 7.91. The second kappa shape index (κ2) is 10.9. The Labute approximate surface area is 187 Å². The Bertz CT molecular complexity index is 939. The molecule has 0 aromatic heterocycles. The Morgan fingerprint density at radius 3 is 2.19 bits per heavy atom. The monoisotopic (exact) mass is 440 g/mol. The Morgan fingerprint density at radius 2 is 1.59 bits per heavy atom. The van der Waals surface area contributed by atoms with Crippen molar-refractivity contribution in [1.29, 1.82) is 0 Å². The molecule has 8 heteroatoms. The fraction of sp³-hybridized carbons (Fsp3) is 0.375. The molecule has 0 saturated carbocycles. The lowest BCUT2D eigenvalue weighted by Gasteiger charge is -2.35. The van der Waals surface area contributed by atoms with E-state index < -0.39 is 11.7 Å². The van der Waals surface area contributed by atoms with Gasteiger partial charge in [0.1, 0.15) is 5.82 Å². The number of amides is 3. The highest BCUT2D eigenvalue weighted by Crippen LogP contribution is 2.17. The number of hydrogen-bond acceptors (Lipinski definition) is 4. The maximum absolute atomic E-state index is 13.3. The van der Waals surface area contributed by atoms with Gasteiger partial charge in [-0.15, -0.1) is 0 Å². The van der Waals surface area contributed by atoms with Crippen molar-refractivity contribution in [2.24, 2.45) is 5.73 Å². The van der Waals surface area contributed by atoms with Crippen molar-refractivity contribution in [3.05, 3.63) is 65.5 Å². The molecule has 2 aromatic carbocycles. The molecule has 0 bridgehead atoms. The molecule has 1 aliphatic rings. The van der Waals surface area contributed by atoms with E-state index in [1.165, 1.54) is 29.2 Å². The fourth-order valence-corrected chi connectivity index (χ4v) is 3.67. The minimum atomic E-state index is -0.509. The molecule has 1 aliphatic heterocycles. The van der Waals surface area contributed by atoms with Crippen LogP contribution in [0.25, 0.3) is 0 Å². The molecular weight excluding hydrogens is 411 g/mol. The third-order valence-corrected chi connectivity index (χ3v) is 5.58. The van der Waals surface area contributed by atoms with E-state index in [1.54, 1.807) is 0 Å². The molecule has 3 amide bonds. The molecule has 1 fully saturated rings. The van der Waals surface area contributed by atoms with Crippen LogP contribution < -0.4 is 10.6 Å². The van der Waals surface area contributed by atoms with E-state index >= 15 is 0 Å². The number of nitrogens with zero attached hydrogens (tertiary/aromatic N) is 3. The van der Waals surface area contributed by atoms with Crippen LogP contribution >= 0.6 is 0 Å². The summed E-state index contributed by atoms with van der Waals surface area (Å²) < 4.78 is 13.3. The van der Waals surface area contributed by atoms with Crippen molar-refractivity contribution < 1.29 is 18.8 Å². The molecule has 0 spiro atoms. The molecule has 1 heterocycles. The maximum atomic E-state index is 13.3. The van der Waals surface area contributed by atoms with Crippen molar-refractivity contribution in [3.63, 3.8) is 0 Å². The Hall–Kier alpha value is -3.26. The van der Waals surface area contributed by atoms with Gasteiger partial charge in [-0.2, -0.15) is 0 Å². The van der Waals surface area contributed by atoms with Crippen molar-refractivity contribution in [1.82, 2.24) is 9.80 Å². The average Bonchev–Trinajstić information content (AvgIpc) is 2.77. The third-order valence-electron chi connectivity index (χ3n) is 5.58. The Balaban J connectivity index is 1.54. The summed E-state index contributed by atoms with van der Waals surface area (Å²) in [6.45, 7) is 4.56. The molecule has 7 nitrogen and oxygen atoms in total. The Morgan fingerprint density at radius 1 is 0.969 bits per heavy atom. The number of piperazine rings is 1. The molecule has 3 rings (SSSR count). The number of anilines is 1. The van der Waals surface area contributed by atoms with Gasteiger partial charge in [0.15, 0.2) is 0 Å². The standard InChI is InChI=1S/C24H29FN4O3/c1-18-2-4-19(5-3-18)16-23(31)28-14-12-27(13-15-28)17-24(32)29(11-10-22(26)30)21-8-6-20(25)7-9-21/h2-9H,10-17H2,1H3,(H2,26,30). The first kappa shape index (κ1) is 23.4. The van der Waals surface area contributed by atoms with E-state index in [0.717, 1.165) is 11.1 Å². The molecular formula is C24H29FN4O3. The van der Waals surface area contributed by atoms with Gasteiger partial charge in [0, 0.05) is 44.8 Å². The number of primary amides is 1. The molecule has 170 valence electrons. The van der Waals surface area contributed by atoms with Gasteiger partial charge in [0.25, 0.3) is 0 Å². The largest absolute Gasteiger partial charge is 0.370 e. The normalized spacial score (nSPS) is 14.2. The number of hydrogen-bond donors (Lipinski definition) is 1. The van der Waals surface area contributed by atoms with Crippen LogP contribution in [0.5, 0.6) is 0 Å². The smallest absolute Gasteiger partial charge is 0.241 e. The first-order valence-corrected chi connectivity index (χ1v) is 10.7. The molecule has 0 atom stereocenters.